The molecule has 2 amide bonds. The van der Waals surface area contributed by atoms with E-state index in [1.807, 2.05) is 0 Å². The van der Waals surface area contributed by atoms with E-state index in [-0.39, 0.29) is 18.7 Å². The highest BCUT2D eigenvalue weighted by molar-refractivity contribution is 5.91. The van der Waals surface area contributed by atoms with Gasteiger partial charge in [-0.05, 0) is 50.8 Å². The number of anilines is 1. The van der Waals surface area contributed by atoms with Crippen molar-refractivity contribution in [2.24, 2.45) is 0 Å². The van der Waals surface area contributed by atoms with Crippen molar-refractivity contribution in [2.45, 2.75) is 63.0 Å². The Kier molecular flexibility index (Phi) is 5.31. The standard InChI is InChI=1S/C19H23F3N2O4/c1-17(27)18(9-3-2-4-10-18)28-16(26)24(17)11-8-15(25)23-14-7-5-6-13(12-14)19(20,21)22/h5-7,12,27H,2-4,8-11H2,1H3,(H,23,25)/t17-/m0/s1. The second-order valence-electron chi connectivity index (χ2n) is 7.47. The van der Waals surface area contributed by atoms with Crippen LogP contribution in [-0.2, 0) is 15.7 Å². The van der Waals surface area contributed by atoms with Crippen LogP contribution in [-0.4, -0.2) is 39.9 Å². The largest absolute Gasteiger partial charge is 0.438 e. The number of carbonyl (C=O) groups is 2. The van der Waals surface area contributed by atoms with Crippen LogP contribution in [0, 0.1) is 0 Å². The Hall–Kier alpha value is -2.29. The van der Waals surface area contributed by atoms with Crippen molar-refractivity contribution >= 4 is 17.7 Å². The molecule has 0 aromatic heterocycles. The zero-order chi connectivity index (χ0) is 20.6. The Morgan fingerprint density at radius 3 is 2.61 bits per heavy atom. The van der Waals surface area contributed by atoms with Crippen LogP contribution in [0.4, 0.5) is 23.7 Å². The highest BCUT2D eigenvalue weighted by atomic mass is 19.4. The smallest absolute Gasteiger partial charge is 0.416 e. The molecule has 2 aliphatic rings. The van der Waals surface area contributed by atoms with Crippen molar-refractivity contribution in [3.8, 4) is 0 Å². The molecule has 1 saturated carbocycles. The van der Waals surface area contributed by atoms with Crippen molar-refractivity contribution < 1.29 is 32.6 Å². The number of hydrogen-bond acceptors (Lipinski definition) is 4. The maximum Gasteiger partial charge on any atom is 0.416 e. The minimum absolute atomic E-state index is 0.0133. The molecule has 2 N–H and O–H groups in total. The van der Waals surface area contributed by atoms with Gasteiger partial charge in [-0.25, -0.2) is 4.79 Å². The first-order valence-electron chi connectivity index (χ1n) is 9.25. The van der Waals surface area contributed by atoms with E-state index in [2.05, 4.69) is 5.32 Å². The van der Waals surface area contributed by atoms with Crippen LogP contribution in [0.2, 0.25) is 0 Å². The number of halogens is 3. The van der Waals surface area contributed by atoms with E-state index in [0.29, 0.717) is 12.8 Å². The number of hydrogen-bond donors (Lipinski definition) is 2. The minimum Gasteiger partial charge on any atom is -0.438 e. The van der Waals surface area contributed by atoms with E-state index in [0.717, 1.165) is 36.3 Å². The molecule has 1 aliphatic carbocycles. The SMILES string of the molecule is C[C@@]1(O)N(CCC(=O)Nc2cccc(C(F)(F)F)c2)C(=O)OC12CCCCC2. The number of nitrogens with one attached hydrogen (secondary N) is 1. The molecule has 2 fully saturated rings. The Bertz CT molecular complexity index is 758. The Labute approximate surface area is 160 Å². The fourth-order valence-corrected chi connectivity index (χ4v) is 3.96. The first-order valence-corrected chi connectivity index (χ1v) is 9.25. The molecule has 1 saturated heterocycles. The Morgan fingerprint density at radius 2 is 1.96 bits per heavy atom. The van der Waals surface area contributed by atoms with Crippen LogP contribution in [0.25, 0.3) is 0 Å². The predicted molar refractivity (Wildman–Crippen MR) is 94.3 cm³/mol. The quantitative estimate of drug-likeness (QED) is 0.804. The first-order chi connectivity index (χ1) is 13.1. The van der Waals surface area contributed by atoms with Crippen molar-refractivity contribution in [1.82, 2.24) is 4.90 Å². The molecule has 9 heteroatoms. The van der Waals surface area contributed by atoms with Gasteiger partial charge in [0.25, 0.3) is 0 Å². The molecule has 0 unspecified atom stereocenters. The van der Waals surface area contributed by atoms with Crippen molar-refractivity contribution in [3.63, 3.8) is 0 Å². The van der Waals surface area contributed by atoms with Gasteiger partial charge in [0.2, 0.25) is 5.91 Å². The predicted octanol–water partition coefficient (Wildman–Crippen LogP) is 3.90. The van der Waals surface area contributed by atoms with Gasteiger partial charge >= 0.3 is 12.3 Å². The zero-order valence-electron chi connectivity index (χ0n) is 15.5. The molecule has 3 rings (SSSR count). The van der Waals surface area contributed by atoms with Crippen molar-refractivity contribution in [3.05, 3.63) is 29.8 Å². The molecular weight excluding hydrogens is 377 g/mol. The number of nitrogens with zero attached hydrogens (tertiary/aromatic N) is 1. The molecule has 6 nitrogen and oxygen atoms in total. The number of benzene rings is 1. The average Bonchev–Trinajstić information content (AvgIpc) is 2.78. The molecule has 1 atom stereocenters. The fraction of sp³-hybridized carbons (Fsp3) is 0.579. The highest BCUT2D eigenvalue weighted by Crippen LogP contribution is 2.46. The minimum atomic E-state index is -4.51. The van der Waals surface area contributed by atoms with E-state index < -0.39 is 35.1 Å². The van der Waals surface area contributed by atoms with Gasteiger partial charge in [0.1, 0.15) is 0 Å². The highest BCUT2D eigenvalue weighted by Gasteiger charge is 2.61. The van der Waals surface area contributed by atoms with Gasteiger partial charge in [0, 0.05) is 18.7 Å². The summed E-state index contributed by atoms with van der Waals surface area (Å²) in [6, 6.07) is 4.31. The molecule has 154 valence electrons. The third kappa shape index (κ3) is 3.80. The number of carbonyl (C=O) groups excluding carboxylic acids is 2. The van der Waals surface area contributed by atoms with Gasteiger partial charge < -0.3 is 15.2 Å². The normalized spacial score (nSPS) is 24.3. The lowest BCUT2D eigenvalue weighted by Crippen LogP contribution is -2.57. The van der Waals surface area contributed by atoms with Gasteiger partial charge in [0.05, 0.1) is 5.56 Å². The summed E-state index contributed by atoms with van der Waals surface area (Å²) in [5.74, 6) is -0.562. The van der Waals surface area contributed by atoms with Crippen LogP contribution in [0.15, 0.2) is 24.3 Å². The van der Waals surface area contributed by atoms with Crippen LogP contribution in [0.1, 0.15) is 51.0 Å². The van der Waals surface area contributed by atoms with Gasteiger partial charge in [-0.3, -0.25) is 9.69 Å². The van der Waals surface area contributed by atoms with Gasteiger partial charge in [-0.1, -0.05) is 12.5 Å². The molecule has 1 aromatic rings. The maximum atomic E-state index is 12.8. The summed E-state index contributed by atoms with van der Waals surface area (Å²) in [7, 11) is 0. The summed E-state index contributed by atoms with van der Waals surface area (Å²) in [6.07, 6.45) is -1.57. The number of rotatable bonds is 4. The zero-order valence-corrected chi connectivity index (χ0v) is 15.5. The monoisotopic (exact) mass is 400 g/mol. The van der Waals surface area contributed by atoms with Gasteiger partial charge in [0.15, 0.2) is 11.3 Å². The molecule has 0 bridgehead atoms. The van der Waals surface area contributed by atoms with E-state index in [1.165, 1.54) is 19.1 Å². The van der Waals surface area contributed by atoms with Crippen LogP contribution < -0.4 is 5.32 Å². The summed E-state index contributed by atoms with van der Waals surface area (Å²) in [5.41, 5.74) is -3.36. The molecule has 28 heavy (non-hydrogen) atoms. The second-order valence-corrected chi connectivity index (χ2v) is 7.47. The summed E-state index contributed by atoms with van der Waals surface area (Å²) in [6.45, 7) is 1.41. The van der Waals surface area contributed by atoms with Crippen molar-refractivity contribution in [2.75, 3.05) is 11.9 Å². The number of alkyl halides is 3. The third-order valence-corrected chi connectivity index (χ3v) is 5.59. The van der Waals surface area contributed by atoms with Crippen LogP contribution in [0.3, 0.4) is 0 Å². The lowest BCUT2D eigenvalue weighted by Gasteiger charge is -2.42. The summed E-state index contributed by atoms with van der Waals surface area (Å²) < 4.78 is 43.8. The second kappa shape index (κ2) is 7.27. The molecule has 1 aromatic carbocycles. The topological polar surface area (TPSA) is 78.9 Å². The molecular formula is C19H23F3N2O4. The van der Waals surface area contributed by atoms with E-state index in [9.17, 15) is 27.9 Å². The van der Waals surface area contributed by atoms with E-state index >= 15 is 0 Å². The number of aliphatic hydroxyl groups is 1. The van der Waals surface area contributed by atoms with E-state index in [4.69, 9.17) is 4.74 Å². The number of amides is 2. The third-order valence-electron chi connectivity index (χ3n) is 5.59. The molecule has 1 spiro atoms. The Morgan fingerprint density at radius 1 is 1.29 bits per heavy atom. The van der Waals surface area contributed by atoms with Gasteiger partial charge in [-0.15, -0.1) is 0 Å². The molecule has 0 radical (unpaired) electrons. The summed E-state index contributed by atoms with van der Waals surface area (Å²) >= 11 is 0. The Balaban J connectivity index is 1.62. The summed E-state index contributed by atoms with van der Waals surface area (Å²) in [4.78, 5) is 25.6. The van der Waals surface area contributed by atoms with Crippen LogP contribution in [0.5, 0.6) is 0 Å². The summed E-state index contributed by atoms with van der Waals surface area (Å²) in [5, 5.41) is 13.3. The van der Waals surface area contributed by atoms with E-state index in [1.54, 1.807) is 0 Å². The molecule has 1 aliphatic heterocycles. The fourth-order valence-electron chi connectivity index (χ4n) is 3.96. The maximum absolute atomic E-state index is 12.8. The lowest BCUT2D eigenvalue weighted by atomic mass is 9.77. The average molecular weight is 400 g/mol. The van der Waals surface area contributed by atoms with Crippen LogP contribution >= 0.6 is 0 Å². The molecule has 1 heterocycles. The van der Waals surface area contributed by atoms with Gasteiger partial charge in [-0.2, -0.15) is 13.2 Å². The number of ether oxygens (including phenoxy) is 1. The first kappa shape index (κ1) is 20.4. The van der Waals surface area contributed by atoms with Crippen molar-refractivity contribution in [1.29, 1.82) is 0 Å². The lowest BCUT2D eigenvalue weighted by molar-refractivity contribution is -0.159.